The number of ether oxygens (including phenoxy) is 1. The summed E-state index contributed by atoms with van der Waals surface area (Å²) in [7, 11) is 0. The second-order valence-electron chi connectivity index (χ2n) is 7.08. The number of rotatable bonds is 3. The molecular weight excluding hydrogens is 374 g/mol. The molecular formula is C20H21N5O4. The van der Waals surface area contributed by atoms with E-state index in [0.29, 0.717) is 22.3 Å². The summed E-state index contributed by atoms with van der Waals surface area (Å²) in [5.41, 5.74) is 6.02. The molecule has 0 saturated carbocycles. The monoisotopic (exact) mass is 395 g/mol. The molecule has 150 valence electrons. The summed E-state index contributed by atoms with van der Waals surface area (Å²) in [4.78, 5) is 12.5. The van der Waals surface area contributed by atoms with Crippen molar-refractivity contribution in [1.29, 1.82) is 0 Å². The van der Waals surface area contributed by atoms with Gasteiger partial charge in [-0.05, 0) is 31.4 Å². The van der Waals surface area contributed by atoms with Crippen LogP contribution in [0.1, 0.15) is 30.8 Å². The summed E-state index contributed by atoms with van der Waals surface area (Å²) in [6.07, 6.45) is 1.97. The quantitative estimate of drug-likeness (QED) is 0.461. The Hall–Kier alpha value is -3.03. The molecule has 5 N–H and O–H groups in total. The first-order valence-corrected chi connectivity index (χ1v) is 9.14. The Kier molecular flexibility index (Phi) is 4.94. The van der Waals surface area contributed by atoms with Gasteiger partial charge in [-0.1, -0.05) is 12.0 Å². The van der Waals surface area contributed by atoms with Gasteiger partial charge in [-0.15, -0.1) is 0 Å². The molecule has 1 saturated heterocycles. The van der Waals surface area contributed by atoms with Crippen LogP contribution < -0.4 is 5.73 Å². The molecule has 0 amide bonds. The number of nitrogen functional groups attached to an aromatic ring is 1. The number of anilines is 1. The highest BCUT2D eigenvalue weighted by molar-refractivity contribution is 5.92. The van der Waals surface area contributed by atoms with Gasteiger partial charge in [0.05, 0.1) is 17.1 Å². The fraction of sp³-hybridized carbons (Fsp3) is 0.350. The summed E-state index contributed by atoms with van der Waals surface area (Å²) < 4.78 is 7.47. The topological polar surface area (TPSA) is 140 Å². The minimum Gasteiger partial charge on any atom is -0.396 e. The summed E-state index contributed by atoms with van der Waals surface area (Å²) >= 11 is 0. The fourth-order valence-electron chi connectivity index (χ4n) is 3.55. The van der Waals surface area contributed by atoms with Crippen molar-refractivity contribution in [2.24, 2.45) is 0 Å². The average Bonchev–Trinajstić information content (AvgIpc) is 3.18. The van der Waals surface area contributed by atoms with Crippen LogP contribution in [0.3, 0.4) is 0 Å². The number of nitrogens with zero attached hydrogens (tertiary/aromatic N) is 4. The molecule has 3 aromatic heterocycles. The third-order valence-electron chi connectivity index (χ3n) is 5.05. The van der Waals surface area contributed by atoms with E-state index in [1.54, 1.807) is 29.1 Å². The second kappa shape index (κ2) is 7.42. The van der Waals surface area contributed by atoms with Gasteiger partial charge < -0.3 is 30.4 Å². The number of pyridine rings is 1. The Bertz CT molecular complexity index is 1090. The van der Waals surface area contributed by atoms with Gasteiger partial charge in [0.15, 0.2) is 6.23 Å². The van der Waals surface area contributed by atoms with Crippen LogP contribution >= 0.6 is 0 Å². The first-order valence-electron chi connectivity index (χ1n) is 9.14. The zero-order valence-electron chi connectivity index (χ0n) is 15.7. The van der Waals surface area contributed by atoms with E-state index < -0.39 is 24.0 Å². The minimum absolute atomic E-state index is 0.174. The number of hydrogen-bond donors (Lipinski definition) is 4. The number of aliphatic hydroxyl groups is 3. The van der Waals surface area contributed by atoms with E-state index in [9.17, 15) is 15.3 Å². The maximum absolute atomic E-state index is 10.9. The predicted octanol–water partition coefficient (Wildman–Crippen LogP) is 0.200. The first-order chi connectivity index (χ1) is 13.9. The van der Waals surface area contributed by atoms with E-state index in [-0.39, 0.29) is 18.8 Å². The third kappa shape index (κ3) is 3.32. The summed E-state index contributed by atoms with van der Waals surface area (Å²) in [6, 6.07) is 5.42. The summed E-state index contributed by atoms with van der Waals surface area (Å²) in [6.45, 7) is 1.31. The zero-order valence-corrected chi connectivity index (χ0v) is 15.7. The van der Waals surface area contributed by atoms with Crippen molar-refractivity contribution in [3.63, 3.8) is 0 Å². The number of nitrogens with two attached hydrogens (primary N) is 1. The lowest BCUT2D eigenvalue weighted by Gasteiger charge is -2.27. The minimum atomic E-state index is -1.61. The van der Waals surface area contributed by atoms with Gasteiger partial charge in [0.25, 0.3) is 0 Å². The lowest BCUT2D eigenvalue weighted by atomic mass is 9.95. The van der Waals surface area contributed by atoms with Gasteiger partial charge in [-0.25, -0.2) is 15.0 Å². The van der Waals surface area contributed by atoms with Gasteiger partial charge in [-0.3, -0.25) is 0 Å². The van der Waals surface area contributed by atoms with Crippen molar-refractivity contribution in [3.05, 3.63) is 48.2 Å². The normalized spacial score (nSPS) is 26.4. The van der Waals surface area contributed by atoms with E-state index in [0.717, 1.165) is 0 Å². The highest BCUT2D eigenvalue weighted by Crippen LogP contribution is 2.41. The van der Waals surface area contributed by atoms with Crippen molar-refractivity contribution < 1.29 is 20.1 Å². The smallest absolute Gasteiger partial charge is 0.166 e. The van der Waals surface area contributed by atoms with Crippen LogP contribution in [0.5, 0.6) is 0 Å². The Morgan fingerprint density at radius 3 is 2.83 bits per heavy atom. The predicted molar refractivity (Wildman–Crippen MR) is 104 cm³/mol. The van der Waals surface area contributed by atoms with Crippen LogP contribution in [0.2, 0.25) is 0 Å². The molecule has 0 radical (unpaired) electrons. The van der Waals surface area contributed by atoms with E-state index in [2.05, 4.69) is 26.8 Å². The van der Waals surface area contributed by atoms with Crippen molar-refractivity contribution in [3.8, 4) is 11.8 Å². The number of aromatic nitrogens is 4. The highest BCUT2D eigenvalue weighted by Gasteiger charge is 2.53. The lowest BCUT2D eigenvalue weighted by molar-refractivity contribution is -0.0941. The second-order valence-corrected chi connectivity index (χ2v) is 7.08. The number of aliphatic hydroxyl groups excluding tert-OH is 2. The molecule has 9 heteroatoms. The molecule has 1 fully saturated rings. The third-order valence-corrected chi connectivity index (χ3v) is 5.05. The Labute approximate surface area is 166 Å². The molecule has 29 heavy (non-hydrogen) atoms. The molecule has 4 atom stereocenters. The maximum atomic E-state index is 10.9. The Balaban J connectivity index is 1.83. The molecule has 3 aromatic rings. The van der Waals surface area contributed by atoms with Gasteiger partial charge in [0.1, 0.15) is 35.2 Å². The average molecular weight is 395 g/mol. The van der Waals surface area contributed by atoms with Crippen LogP contribution in [0.25, 0.3) is 11.0 Å². The van der Waals surface area contributed by atoms with Crippen molar-refractivity contribution >= 4 is 16.9 Å². The van der Waals surface area contributed by atoms with Gasteiger partial charge >= 0.3 is 0 Å². The zero-order chi connectivity index (χ0) is 20.6. The van der Waals surface area contributed by atoms with E-state index in [4.69, 9.17) is 10.5 Å². The SMILES string of the molecule is C[C@@]1(O)C(O)C(CCO)OC1n1cc(C#Cc2ccccn2)c2c(N)ncnc21. The summed E-state index contributed by atoms with van der Waals surface area (Å²) in [5.74, 6) is 6.24. The molecule has 1 aliphatic heterocycles. The first kappa shape index (κ1) is 19.3. The number of fused-ring (bicyclic) bond motifs is 1. The Morgan fingerprint density at radius 1 is 1.28 bits per heavy atom. The molecule has 4 heterocycles. The van der Waals surface area contributed by atoms with Crippen LogP contribution in [-0.4, -0.2) is 59.3 Å². The molecule has 3 unspecified atom stereocenters. The molecule has 1 aliphatic rings. The molecule has 0 aliphatic carbocycles. The van der Waals surface area contributed by atoms with Crippen LogP contribution in [-0.2, 0) is 4.74 Å². The molecule has 9 nitrogen and oxygen atoms in total. The van der Waals surface area contributed by atoms with Gasteiger partial charge in [0, 0.05) is 19.0 Å². The van der Waals surface area contributed by atoms with Gasteiger partial charge in [-0.2, -0.15) is 0 Å². The van der Waals surface area contributed by atoms with Crippen molar-refractivity contribution in [2.75, 3.05) is 12.3 Å². The van der Waals surface area contributed by atoms with Crippen LogP contribution in [0, 0.1) is 11.8 Å². The van der Waals surface area contributed by atoms with Gasteiger partial charge in [0.2, 0.25) is 0 Å². The van der Waals surface area contributed by atoms with Crippen molar-refractivity contribution in [2.45, 2.75) is 37.4 Å². The standard InChI is InChI=1S/C20H21N5O4/c1-20(28)16(27)14(7-9-26)29-19(20)25-10-12(5-6-13-4-2-3-8-22-13)15-17(21)23-11-24-18(15)25/h2-4,8,10-11,14,16,19,26-28H,7,9H2,1H3,(H2,21,23,24)/t14?,16?,19?,20-/m1/s1. The number of hydrogen-bond acceptors (Lipinski definition) is 8. The molecule has 4 rings (SSSR count). The molecule has 0 spiro atoms. The van der Waals surface area contributed by atoms with E-state index in [1.165, 1.54) is 13.3 Å². The van der Waals surface area contributed by atoms with E-state index >= 15 is 0 Å². The van der Waals surface area contributed by atoms with Crippen LogP contribution in [0.15, 0.2) is 36.9 Å². The largest absolute Gasteiger partial charge is 0.396 e. The summed E-state index contributed by atoms with van der Waals surface area (Å²) in [5, 5.41) is 31.1. The Morgan fingerprint density at radius 2 is 2.10 bits per heavy atom. The van der Waals surface area contributed by atoms with Crippen LogP contribution in [0.4, 0.5) is 5.82 Å². The van der Waals surface area contributed by atoms with Crippen molar-refractivity contribution in [1.82, 2.24) is 19.5 Å². The molecule has 0 bridgehead atoms. The molecule has 0 aromatic carbocycles. The fourth-order valence-corrected chi connectivity index (χ4v) is 3.55. The highest BCUT2D eigenvalue weighted by atomic mass is 16.6. The lowest BCUT2D eigenvalue weighted by Crippen LogP contribution is -2.43. The maximum Gasteiger partial charge on any atom is 0.166 e. The van der Waals surface area contributed by atoms with E-state index in [1.807, 2.05) is 6.07 Å².